The number of nitrogens with one attached hydrogen (secondary N) is 3. The van der Waals surface area contributed by atoms with Crippen LogP contribution in [-0.2, 0) is 16.1 Å². The maximum absolute atomic E-state index is 13.3. The number of pyridine rings is 1. The van der Waals surface area contributed by atoms with Crippen molar-refractivity contribution in [2.75, 3.05) is 11.9 Å². The minimum Gasteiger partial charge on any atom is -0.444 e. The monoisotopic (exact) mass is 485 g/mol. The smallest absolute Gasteiger partial charge is 0.408 e. The summed E-state index contributed by atoms with van der Waals surface area (Å²) >= 11 is 0. The van der Waals surface area contributed by atoms with Gasteiger partial charge in [-0.15, -0.1) is 0 Å². The SMILES string of the molecule is CC(C)(C)OC(=O)N[C@H](C(=O)Nc1cc(CNC[C@H](N)C(F)(F)F)ccn1)C(C1CC1)C1CC1. The standard InChI is InChI=1S/C23H34F3N5O3/c1-22(2,3)34-21(33)31-19(18(14-4-5-14)15-6-7-15)20(32)30-17-10-13(8-9-29-17)11-28-12-16(27)23(24,25)26/h8-10,14-16,18-19,28H,4-7,11-12,27H2,1-3H3,(H,31,33)(H,29,30,32)/t16-,19-/m0/s1. The number of halogens is 3. The first-order valence-corrected chi connectivity index (χ1v) is 11.6. The predicted octanol–water partition coefficient (Wildman–Crippen LogP) is 3.33. The molecule has 0 aromatic carbocycles. The Balaban J connectivity index is 1.65. The van der Waals surface area contributed by atoms with Gasteiger partial charge in [-0.3, -0.25) is 4.79 Å². The number of hydrogen-bond acceptors (Lipinski definition) is 6. The molecule has 11 heteroatoms. The highest BCUT2D eigenvalue weighted by molar-refractivity contribution is 5.96. The minimum atomic E-state index is -4.47. The highest BCUT2D eigenvalue weighted by atomic mass is 19.4. The van der Waals surface area contributed by atoms with Gasteiger partial charge in [0, 0.05) is 19.3 Å². The molecule has 2 atom stereocenters. The number of rotatable bonds is 10. The quantitative estimate of drug-likeness (QED) is 0.404. The fraction of sp³-hybridized carbons (Fsp3) is 0.696. The van der Waals surface area contributed by atoms with Crippen molar-refractivity contribution in [1.29, 1.82) is 0 Å². The van der Waals surface area contributed by atoms with Crippen molar-refractivity contribution in [2.45, 2.75) is 76.9 Å². The summed E-state index contributed by atoms with van der Waals surface area (Å²) in [5.41, 5.74) is 5.05. The van der Waals surface area contributed by atoms with Crippen LogP contribution in [0.1, 0.15) is 52.0 Å². The Labute approximate surface area is 197 Å². The molecule has 1 heterocycles. The van der Waals surface area contributed by atoms with E-state index in [1.54, 1.807) is 32.9 Å². The van der Waals surface area contributed by atoms with Crippen LogP contribution >= 0.6 is 0 Å². The van der Waals surface area contributed by atoms with E-state index in [-0.39, 0.29) is 24.2 Å². The second-order valence-corrected chi connectivity index (χ2v) is 10.2. The average Bonchev–Trinajstić information content (AvgIpc) is 3.60. The van der Waals surface area contributed by atoms with Crippen molar-refractivity contribution in [3.05, 3.63) is 23.9 Å². The summed E-state index contributed by atoms with van der Waals surface area (Å²) in [5, 5.41) is 8.21. The van der Waals surface area contributed by atoms with Gasteiger partial charge in [0.1, 0.15) is 23.5 Å². The van der Waals surface area contributed by atoms with E-state index in [2.05, 4.69) is 20.9 Å². The van der Waals surface area contributed by atoms with Crippen LogP contribution in [0.4, 0.5) is 23.8 Å². The number of carbonyl (C=O) groups excluding carboxylic acids is 2. The molecular weight excluding hydrogens is 451 g/mol. The first-order valence-electron chi connectivity index (χ1n) is 11.6. The van der Waals surface area contributed by atoms with Gasteiger partial charge in [0.25, 0.3) is 0 Å². The number of hydrogen-bond donors (Lipinski definition) is 4. The lowest BCUT2D eigenvalue weighted by Gasteiger charge is -2.29. The Morgan fingerprint density at radius 2 is 1.79 bits per heavy atom. The van der Waals surface area contributed by atoms with Gasteiger partial charge in [-0.1, -0.05) is 0 Å². The summed E-state index contributed by atoms with van der Waals surface area (Å²) in [5.74, 6) is 0.678. The van der Waals surface area contributed by atoms with Crippen LogP contribution in [0.25, 0.3) is 0 Å². The highest BCUT2D eigenvalue weighted by Gasteiger charge is 2.48. The molecule has 190 valence electrons. The third kappa shape index (κ3) is 8.12. The molecule has 0 spiro atoms. The van der Waals surface area contributed by atoms with Crippen LogP contribution in [0.15, 0.2) is 18.3 Å². The van der Waals surface area contributed by atoms with E-state index in [4.69, 9.17) is 10.5 Å². The van der Waals surface area contributed by atoms with E-state index >= 15 is 0 Å². The molecule has 0 saturated heterocycles. The van der Waals surface area contributed by atoms with Gasteiger partial charge < -0.3 is 26.4 Å². The molecule has 2 aliphatic rings. The molecule has 2 amide bonds. The van der Waals surface area contributed by atoms with Crippen LogP contribution in [0.5, 0.6) is 0 Å². The lowest BCUT2D eigenvalue weighted by atomic mass is 9.89. The van der Waals surface area contributed by atoms with E-state index in [1.165, 1.54) is 6.20 Å². The first kappa shape index (κ1) is 26.2. The Morgan fingerprint density at radius 1 is 1.18 bits per heavy atom. The summed E-state index contributed by atoms with van der Waals surface area (Å²) in [7, 11) is 0. The normalized spacial score (nSPS) is 18.4. The predicted molar refractivity (Wildman–Crippen MR) is 121 cm³/mol. The zero-order chi connectivity index (χ0) is 25.1. The lowest BCUT2D eigenvalue weighted by molar-refractivity contribution is -0.146. The molecule has 1 aromatic heterocycles. The number of alkyl carbamates (subject to hydrolysis) is 1. The van der Waals surface area contributed by atoms with Gasteiger partial charge in [0.05, 0.1) is 0 Å². The second kappa shape index (κ2) is 10.5. The van der Waals surface area contributed by atoms with Crippen LogP contribution in [0.3, 0.4) is 0 Å². The van der Waals surface area contributed by atoms with E-state index < -0.39 is 36.5 Å². The van der Waals surface area contributed by atoms with Crippen LogP contribution in [0.2, 0.25) is 0 Å². The molecule has 0 unspecified atom stereocenters. The molecular formula is C23H34F3N5O3. The average molecular weight is 486 g/mol. The number of alkyl halides is 3. The zero-order valence-electron chi connectivity index (χ0n) is 19.7. The van der Waals surface area contributed by atoms with Crippen molar-refractivity contribution in [2.24, 2.45) is 23.5 Å². The number of aromatic nitrogens is 1. The van der Waals surface area contributed by atoms with Crippen molar-refractivity contribution in [3.63, 3.8) is 0 Å². The summed E-state index contributed by atoms with van der Waals surface area (Å²) in [6, 6.07) is 0.492. The number of nitrogens with zero attached hydrogens (tertiary/aromatic N) is 1. The fourth-order valence-electron chi connectivity index (χ4n) is 4.01. The molecule has 3 rings (SSSR count). The van der Waals surface area contributed by atoms with Crippen LogP contribution in [-0.4, -0.2) is 47.4 Å². The topological polar surface area (TPSA) is 118 Å². The number of nitrogens with two attached hydrogens (primary N) is 1. The van der Waals surface area contributed by atoms with Crippen molar-refractivity contribution in [1.82, 2.24) is 15.6 Å². The molecule has 2 saturated carbocycles. The van der Waals surface area contributed by atoms with Gasteiger partial charge in [0.15, 0.2) is 0 Å². The maximum Gasteiger partial charge on any atom is 0.408 e. The molecule has 2 fully saturated rings. The van der Waals surface area contributed by atoms with Crippen LogP contribution < -0.4 is 21.7 Å². The molecule has 0 aliphatic heterocycles. The zero-order valence-corrected chi connectivity index (χ0v) is 19.7. The van der Waals surface area contributed by atoms with Gasteiger partial charge in [-0.2, -0.15) is 13.2 Å². The number of ether oxygens (including phenoxy) is 1. The molecule has 1 aromatic rings. The van der Waals surface area contributed by atoms with Gasteiger partial charge >= 0.3 is 12.3 Å². The summed E-state index contributed by atoms with van der Waals surface area (Å²) in [4.78, 5) is 29.9. The first-order chi connectivity index (χ1) is 15.8. The van der Waals surface area contributed by atoms with Gasteiger partial charge in [-0.05, 0) is 81.9 Å². The maximum atomic E-state index is 13.3. The number of amides is 2. The highest BCUT2D eigenvalue weighted by Crippen LogP contribution is 2.50. The Kier molecular flexibility index (Phi) is 8.07. The van der Waals surface area contributed by atoms with Crippen molar-refractivity contribution >= 4 is 17.8 Å². The van der Waals surface area contributed by atoms with E-state index in [0.717, 1.165) is 25.7 Å². The summed E-state index contributed by atoms with van der Waals surface area (Å²) < 4.78 is 43.1. The van der Waals surface area contributed by atoms with E-state index in [1.807, 2.05) is 0 Å². The molecule has 8 nitrogen and oxygen atoms in total. The Morgan fingerprint density at radius 3 is 2.32 bits per heavy atom. The van der Waals surface area contributed by atoms with Crippen molar-refractivity contribution in [3.8, 4) is 0 Å². The van der Waals surface area contributed by atoms with E-state index in [0.29, 0.717) is 17.4 Å². The number of anilines is 1. The van der Waals surface area contributed by atoms with Gasteiger partial charge in [-0.25, -0.2) is 9.78 Å². The molecule has 0 bridgehead atoms. The summed E-state index contributed by atoms with van der Waals surface area (Å²) in [6.07, 6.45) is 0.458. The molecule has 2 aliphatic carbocycles. The second-order valence-electron chi connectivity index (χ2n) is 10.2. The third-order valence-electron chi connectivity index (χ3n) is 5.86. The minimum absolute atomic E-state index is 0.0289. The van der Waals surface area contributed by atoms with Gasteiger partial charge in [0.2, 0.25) is 5.91 Å². The van der Waals surface area contributed by atoms with E-state index in [9.17, 15) is 22.8 Å². The molecule has 34 heavy (non-hydrogen) atoms. The largest absolute Gasteiger partial charge is 0.444 e. The lowest BCUT2D eigenvalue weighted by Crippen LogP contribution is -2.51. The fourth-order valence-corrected chi connectivity index (χ4v) is 4.01. The molecule has 5 N–H and O–H groups in total. The Hall–Kier alpha value is -2.40. The molecule has 0 radical (unpaired) electrons. The summed E-state index contributed by atoms with van der Waals surface area (Å²) in [6.45, 7) is 4.96. The third-order valence-corrected chi connectivity index (χ3v) is 5.86. The number of carbonyl (C=O) groups is 2. The van der Waals surface area contributed by atoms with Crippen molar-refractivity contribution < 1.29 is 27.5 Å². The Bertz CT molecular complexity index is 854. The van der Waals surface area contributed by atoms with Crippen LogP contribution in [0, 0.1) is 17.8 Å².